The average Bonchev–Trinajstić information content (AvgIpc) is 2.03. The van der Waals surface area contributed by atoms with Gasteiger partial charge in [-0.3, -0.25) is 4.79 Å². The van der Waals surface area contributed by atoms with E-state index in [9.17, 15) is 4.79 Å². The summed E-state index contributed by atoms with van der Waals surface area (Å²) in [5, 5.41) is 2.76. The number of hydrogen-bond acceptors (Lipinski definition) is 1. The van der Waals surface area contributed by atoms with Gasteiger partial charge in [-0.15, -0.1) is 0 Å². The summed E-state index contributed by atoms with van der Waals surface area (Å²) in [5.74, 6) is 0.0323. The lowest BCUT2D eigenvalue weighted by molar-refractivity contribution is -0.118. The van der Waals surface area contributed by atoms with Crippen LogP contribution in [0.3, 0.4) is 0 Å². The molecule has 0 bridgehead atoms. The first kappa shape index (κ1) is 11.3. The molecule has 1 N–H and O–H groups in total. The van der Waals surface area contributed by atoms with Gasteiger partial charge in [0.05, 0.1) is 0 Å². The van der Waals surface area contributed by atoms with Gasteiger partial charge in [0, 0.05) is 14.9 Å². The van der Waals surface area contributed by atoms with Crippen molar-refractivity contribution in [3.8, 4) is 0 Å². The number of carbonyl (C=O) groups excluding carboxylic acids is 1. The smallest absolute Gasteiger partial charge is 0.217 e. The fourth-order valence-corrected chi connectivity index (χ4v) is 1.03. The van der Waals surface area contributed by atoms with Crippen LogP contribution in [0.2, 0.25) is 0 Å². The summed E-state index contributed by atoms with van der Waals surface area (Å²) in [4.78, 5) is 10.5. The highest BCUT2D eigenvalue weighted by Crippen LogP contribution is 2.07. The van der Waals surface area contributed by atoms with Crippen molar-refractivity contribution in [2.45, 2.75) is 19.8 Å². The maximum absolute atomic E-state index is 10.5. The Balaban J connectivity index is 0. The minimum atomic E-state index is 0. The fourth-order valence-electron chi connectivity index (χ4n) is 1.03. The van der Waals surface area contributed by atoms with Crippen LogP contribution in [0.15, 0.2) is 23.8 Å². The largest absolute Gasteiger partial charge is 0.352 e. The molecule has 3 heteroatoms. The molecular weight excluding hydrogens is 170 g/mol. The second-order valence-electron chi connectivity index (χ2n) is 2.67. The van der Waals surface area contributed by atoms with Gasteiger partial charge in [0.15, 0.2) is 0 Å². The second-order valence-corrected chi connectivity index (χ2v) is 2.67. The van der Waals surface area contributed by atoms with E-state index in [1.54, 1.807) is 0 Å². The molecule has 1 aliphatic rings. The zero-order chi connectivity index (χ0) is 8.10. The Labute approximate surface area is 81.7 Å². The molecule has 0 aromatic heterocycles. The van der Waals surface area contributed by atoms with Crippen LogP contribution in [0.5, 0.6) is 0 Å². The van der Waals surface area contributed by atoms with E-state index in [1.165, 1.54) is 12.5 Å². The number of amides is 1. The van der Waals surface area contributed by atoms with Gasteiger partial charge < -0.3 is 5.32 Å². The van der Waals surface area contributed by atoms with Gasteiger partial charge in [-0.25, -0.2) is 0 Å². The molecule has 1 amide bonds. The SMILES string of the molecule is CC(=O)NCC1=CCCC=C1.S.[HH]. The molecule has 0 saturated carbocycles. The van der Waals surface area contributed by atoms with Crippen LogP contribution in [0.4, 0.5) is 0 Å². The van der Waals surface area contributed by atoms with E-state index < -0.39 is 0 Å². The highest BCUT2D eigenvalue weighted by atomic mass is 32.1. The van der Waals surface area contributed by atoms with E-state index >= 15 is 0 Å². The molecule has 0 saturated heterocycles. The van der Waals surface area contributed by atoms with E-state index in [0.29, 0.717) is 6.54 Å². The Bertz CT molecular complexity index is 214. The zero-order valence-corrected chi connectivity index (χ0v) is 8.26. The molecule has 0 atom stereocenters. The lowest BCUT2D eigenvalue weighted by Crippen LogP contribution is -2.22. The summed E-state index contributed by atoms with van der Waals surface area (Å²) in [5.41, 5.74) is 1.21. The van der Waals surface area contributed by atoms with Crippen LogP contribution in [0, 0.1) is 0 Å². The Morgan fingerprint density at radius 3 is 2.92 bits per heavy atom. The number of carbonyl (C=O) groups is 1. The van der Waals surface area contributed by atoms with Gasteiger partial charge in [-0.2, -0.15) is 13.5 Å². The Hall–Kier alpha value is -0.700. The molecular formula is C9H17NOS. The summed E-state index contributed by atoms with van der Waals surface area (Å²) in [7, 11) is 0. The molecule has 0 spiro atoms. The average molecular weight is 187 g/mol. The predicted octanol–water partition coefficient (Wildman–Crippen LogP) is 1.76. The highest BCUT2D eigenvalue weighted by Gasteiger charge is 1.97. The van der Waals surface area contributed by atoms with Gasteiger partial charge in [-0.05, 0) is 18.4 Å². The maximum atomic E-state index is 10.5. The molecule has 0 aliphatic heterocycles. The third-order valence-electron chi connectivity index (χ3n) is 1.61. The van der Waals surface area contributed by atoms with Crippen molar-refractivity contribution in [2.75, 3.05) is 6.54 Å². The van der Waals surface area contributed by atoms with Crippen LogP contribution >= 0.6 is 13.5 Å². The quantitative estimate of drug-likeness (QED) is 0.701. The van der Waals surface area contributed by atoms with Crippen molar-refractivity contribution in [1.82, 2.24) is 5.32 Å². The first-order chi connectivity index (χ1) is 5.29. The molecule has 2 nitrogen and oxygen atoms in total. The van der Waals surface area contributed by atoms with Gasteiger partial charge in [0.2, 0.25) is 5.91 Å². The third-order valence-corrected chi connectivity index (χ3v) is 1.61. The topological polar surface area (TPSA) is 29.1 Å². The van der Waals surface area contributed by atoms with Crippen LogP contribution < -0.4 is 5.32 Å². The molecule has 70 valence electrons. The first-order valence-corrected chi connectivity index (χ1v) is 3.89. The van der Waals surface area contributed by atoms with E-state index in [2.05, 4.69) is 23.5 Å². The minimum absolute atomic E-state index is 0. The molecule has 0 aromatic rings. The summed E-state index contributed by atoms with van der Waals surface area (Å²) in [6.07, 6.45) is 8.60. The van der Waals surface area contributed by atoms with Crippen molar-refractivity contribution in [3.05, 3.63) is 23.8 Å². The Morgan fingerprint density at radius 1 is 1.67 bits per heavy atom. The van der Waals surface area contributed by atoms with Crippen LogP contribution in [0.25, 0.3) is 0 Å². The van der Waals surface area contributed by atoms with Crippen molar-refractivity contribution >= 4 is 19.4 Å². The standard InChI is InChI=1S/C9H13NO.H2S.H2/c1-8(11)10-7-9-5-3-2-4-6-9;;/h3,5-6H,2,4,7H2,1H3,(H,10,11);1H2;1H. The van der Waals surface area contributed by atoms with Crippen LogP contribution in [-0.2, 0) is 4.79 Å². The molecule has 0 unspecified atom stereocenters. The molecule has 0 fully saturated rings. The van der Waals surface area contributed by atoms with E-state index in [0.717, 1.165) is 12.8 Å². The van der Waals surface area contributed by atoms with E-state index in [-0.39, 0.29) is 20.8 Å². The number of allylic oxidation sites excluding steroid dienone is 2. The molecule has 1 rings (SSSR count). The molecule has 0 radical (unpaired) electrons. The van der Waals surface area contributed by atoms with Crippen LogP contribution in [0.1, 0.15) is 21.2 Å². The van der Waals surface area contributed by atoms with E-state index in [4.69, 9.17) is 0 Å². The number of rotatable bonds is 2. The summed E-state index contributed by atoms with van der Waals surface area (Å²) in [6, 6.07) is 0. The van der Waals surface area contributed by atoms with Crippen molar-refractivity contribution in [3.63, 3.8) is 0 Å². The molecule has 0 heterocycles. The monoisotopic (exact) mass is 187 g/mol. The Morgan fingerprint density at radius 2 is 2.42 bits per heavy atom. The number of nitrogens with one attached hydrogen (secondary N) is 1. The predicted molar refractivity (Wildman–Crippen MR) is 57.6 cm³/mol. The molecule has 1 aliphatic carbocycles. The van der Waals surface area contributed by atoms with Gasteiger partial charge in [0.25, 0.3) is 0 Å². The lowest BCUT2D eigenvalue weighted by Gasteiger charge is -2.06. The molecule has 12 heavy (non-hydrogen) atoms. The highest BCUT2D eigenvalue weighted by molar-refractivity contribution is 7.59. The fraction of sp³-hybridized carbons (Fsp3) is 0.444. The second kappa shape index (κ2) is 5.89. The summed E-state index contributed by atoms with van der Waals surface area (Å²) < 4.78 is 0. The molecule has 0 aromatic carbocycles. The van der Waals surface area contributed by atoms with Crippen molar-refractivity contribution < 1.29 is 6.22 Å². The van der Waals surface area contributed by atoms with E-state index in [1.807, 2.05) is 0 Å². The van der Waals surface area contributed by atoms with Crippen molar-refractivity contribution in [1.29, 1.82) is 0 Å². The first-order valence-electron chi connectivity index (χ1n) is 3.89. The Kier molecular flexibility index (Phi) is 5.54. The van der Waals surface area contributed by atoms with Gasteiger partial charge in [0.1, 0.15) is 0 Å². The summed E-state index contributed by atoms with van der Waals surface area (Å²) in [6.45, 7) is 2.21. The van der Waals surface area contributed by atoms with Gasteiger partial charge in [-0.1, -0.05) is 18.2 Å². The summed E-state index contributed by atoms with van der Waals surface area (Å²) >= 11 is 0. The zero-order valence-electron chi connectivity index (χ0n) is 7.26. The normalized spacial score (nSPS) is 14.6. The number of hydrogen-bond donors (Lipinski definition) is 1. The van der Waals surface area contributed by atoms with Crippen LogP contribution in [-0.4, -0.2) is 12.5 Å². The maximum Gasteiger partial charge on any atom is 0.217 e. The van der Waals surface area contributed by atoms with Gasteiger partial charge >= 0.3 is 0 Å². The van der Waals surface area contributed by atoms with Crippen molar-refractivity contribution in [2.24, 2.45) is 0 Å². The minimum Gasteiger partial charge on any atom is -0.352 e. The lowest BCUT2D eigenvalue weighted by atomic mass is 10.1. The third kappa shape index (κ3) is 4.23.